The summed E-state index contributed by atoms with van der Waals surface area (Å²) in [7, 11) is 0. The Kier molecular flexibility index (Phi) is 7.14. The van der Waals surface area contributed by atoms with Crippen molar-refractivity contribution >= 4 is 55.8 Å². The van der Waals surface area contributed by atoms with Crippen molar-refractivity contribution in [3.63, 3.8) is 0 Å². The highest BCUT2D eigenvalue weighted by Crippen LogP contribution is 2.32. The van der Waals surface area contributed by atoms with E-state index in [1.54, 1.807) is 6.07 Å². The number of rotatable bonds is 6. The van der Waals surface area contributed by atoms with Gasteiger partial charge < -0.3 is 5.32 Å². The van der Waals surface area contributed by atoms with Gasteiger partial charge in [-0.25, -0.2) is 14.3 Å². The van der Waals surface area contributed by atoms with Gasteiger partial charge >= 0.3 is 0 Å². The Labute approximate surface area is 166 Å². The van der Waals surface area contributed by atoms with Crippen molar-refractivity contribution in [2.24, 2.45) is 0 Å². The molecule has 0 aliphatic heterocycles. The maximum absolute atomic E-state index is 14.5. The fourth-order valence-electron chi connectivity index (χ4n) is 2.07. The van der Waals surface area contributed by atoms with E-state index < -0.39 is 17.5 Å². The number of nitrogens with one attached hydrogen (secondary N) is 2. The van der Waals surface area contributed by atoms with Crippen molar-refractivity contribution in [1.82, 2.24) is 5.48 Å². The van der Waals surface area contributed by atoms with Crippen LogP contribution in [0.15, 0.2) is 28.7 Å². The standard InChI is InChI=1S/C17H16BrF2IN2O2/c1-3-6-25-23-17(24)11-8-12(18)14(19)15(20)16(11)22-13-5-4-10(21)7-9(13)2/h4-5,7-8,22H,3,6H2,1-2H3,(H,23,24). The van der Waals surface area contributed by atoms with Crippen molar-refractivity contribution in [1.29, 1.82) is 0 Å². The van der Waals surface area contributed by atoms with Gasteiger partial charge in [0, 0.05) is 9.26 Å². The summed E-state index contributed by atoms with van der Waals surface area (Å²) in [6, 6.07) is 6.67. The van der Waals surface area contributed by atoms with Crippen LogP contribution in [0, 0.1) is 22.1 Å². The molecular weight excluding hydrogens is 509 g/mol. The SMILES string of the molecule is CCCONC(=O)c1cc(Br)c(F)c(F)c1Nc1ccc(I)cc1C. The summed E-state index contributed by atoms with van der Waals surface area (Å²) in [5, 5.41) is 2.82. The molecule has 2 aromatic carbocycles. The van der Waals surface area contributed by atoms with Gasteiger partial charge in [-0.1, -0.05) is 6.92 Å². The molecule has 1 amide bonds. The van der Waals surface area contributed by atoms with E-state index in [4.69, 9.17) is 4.84 Å². The van der Waals surface area contributed by atoms with E-state index in [1.165, 1.54) is 6.07 Å². The lowest BCUT2D eigenvalue weighted by Gasteiger charge is -2.16. The first kappa shape index (κ1) is 20.1. The average molecular weight is 525 g/mol. The lowest BCUT2D eigenvalue weighted by Crippen LogP contribution is -2.25. The quantitative estimate of drug-likeness (QED) is 0.228. The molecule has 134 valence electrons. The van der Waals surface area contributed by atoms with Gasteiger partial charge in [0.2, 0.25) is 0 Å². The second-order valence-electron chi connectivity index (χ2n) is 5.27. The van der Waals surface area contributed by atoms with Gasteiger partial charge in [0.15, 0.2) is 11.6 Å². The van der Waals surface area contributed by atoms with Crippen molar-refractivity contribution in [3.8, 4) is 0 Å². The van der Waals surface area contributed by atoms with E-state index in [-0.39, 0.29) is 15.7 Å². The van der Waals surface area contributed by atoms with Gasteiger partial charge in [0.1, 0.15) is 0 Å². The maximum Gasteiger partial charge on any atom is 0.277 e. The highest BCUT2D eigenvalue weighted by Gasteiger charge is 2.22. The summed E-state index contributed by atoms with van der Waals surface area (Å²) in [6.07, 6.45) is 0.703. The highest BCUT2D eigenvalue weighted by atomic mass is 127. The van der Waals surface area contributed by atoms with Crippen LogP contribution < -0.4 is 10.8 Å². The first-order valence-corrected chi connectivity index (χ1v) is 9.35. The molecule has 4 nitrogen and oxygen atoms in total. The molecule has 0 heterocycles. The Morgan fingerprint density at radius 1 is 1.28 bits per heavy atom. The van der Waals surface area contributed by atoms with E-state index in [9.17, 15) is 13.6 Å². The number of hydrogen-bond donors (Lipinski definition) is 2. The second-order valence-corrected chi connectivity index (χ2v) is 7.37. The molecule has 0 unspecified atom stereocenters. The molecule has 0 saturated heterocycles. The first-order chi connectivity index (χ1) is 11.8. The number of carbonyl (C=O) groups excluding carboxylic acids is 1. The molecule has 2 rings (SSSR count). The van der Waals surface area contributed by atoms with Crippen LogP contribution in [0.3, 0.4) is 0 Å². The Hall–Kier alpha value is -1.26. The van der Waals surface area contributed by atoms with E-state index in [0.717, 1.165) is 9.13 Å². The molecule has 0 aliphatic rings. The van der Waals surface area contributed by atoms with Crippen LogP contribution in [0.1, 0.15) is 29.3 Å². The number of carbonyl (C=O) groups is 1. The van der Waals surface area contributed by atoms with Crippen LogP contribution in [0.5, 0.6) is 0 Å². The highest BCUT2D eigenvalue weighted by molar-refractivity contribution is 14.1. The number of benzene rings is 2. The van der Waals surface area contributed by atoms with E-state index in [0.29, 0.717) is 18.7 Å². The molecule has 0 aromatic heterocycles. The van der Waals surface area contributed by atoms with Crippen LogP contribution in [0.25, 0.3) is 0 Å². The summed E-state index contributed by atoms with van der Waals surface area (Å²) >= 11 is 5.08. The van der Waals surface area contributed by atoms with Gasteiger partial charge in [-0.3, -0.25) is 9.63 Å². The van der Waals surface area contributed by atoms with E-state index >= 15 is 0 Å². The van der Waals surface area contributed by atoms with E-state index in [2.05, 4.69) is 49.3 Å². The minimum Gasteiger partial charge on any atom is -0.352 e. The van der Waals surface area contributed by atoms with Crippen LogP contribution in [0.2, 0.25) is 0 Å². The normalized spacial score (nSPS) is 10.6. The van der Waals surface area contributed by atoms with Gasteiger partial charge in [-0.05, 0) is 81.7 Å². The zero-order valence-electron chi connectivity index (χ0n) is 13.6. The van der Waals surface area contributed by atoms with Gasteiger partial charge in [0.05, 0.1) is 22.3 Å². The maximum atomic E-state index is 14.5. The first-order valence-electron chi connectivity index (χ1n) is 7.48. The second kappa shape index (κ2) is 8.91. The topological polar surface area (TPSA) is 50.4 Å². The predicted molar refractivity (Wildman–Crippen MR) is 105 cm³/mol. The molecule has 0 radical (unpaired) electrons. The average Bonchev–Trinajstić information content (AvgIpc) is 2.57. The Morgan fingerprint density at radius 3 is 2.64 bits per heavy atom. The molecule has 0 fully saturated rings. The lowest BCUT2D eigenvalue weighted by atomic mass is 10.1. The zero-order chi connectivity index (χ0) is 18.6. The minimum atomic E-state index is -1.15. The lowest BCUT2D eigenvalue weighted by molar-refractivity contribution is 0.0315. The van der Waals surface area contributed by atoms with Crippen molar-refractivity contribution < 1.29 is 18.4 Å². The molecular formula is C17H16BrF2IN2O2. The minimum absolute atomic E-state index is 0.0696. The third kappa shape index (κ3) is 4.89. The van der Waals surface area contributed by atoms with Crippen LogP contribution in [0.4, 0.5) is 20.2 Å². The monoisotopic (exact) mass is 524 g/mol. The molecule has 0 bridgehead atoms. The number of hydrogen-bond acceptors (Lipinski definition) is 3. The van der Waals surface area contributed by atoms with Gasteiger partial charge in [-0.15, -0.1) is 0 Å². The molecule has 0 spiro atoms. The molecule has 2 aromatic rings. The molecule has 25 heavy (non-hydrogen) atoms. The fourth-order valence-corrected chi connectivity index (χ4v) is 3.12. The van der Waals surface area contributed by atoms with E-state index in [1.807, 2.05) is 26.0 Å². The number of aryl methyl sites for hydroxylation is 1. The predicted octanol–water partition coefficient (Wildman–Crippen LogP) is 5.46. The molecule has 0 atom stereocenters. The number of anilines is 2. The molecule has 0 aliphatic carbocycles. The third-order valence-electron chi connectivity index (χ3n) is 3.33. The largest absolute Gasteiger partial charge is 0.352 e. The number of hydroxylamine groups is 1. The summed E-state index contributed by atoms with van der Waals surface area (Å²) in [6.45, 7) is 4.03. The van der Waals surface area contributed by atoms with Crippen molar-refractivity contribution in [3.05, 3.63) is 55.1 Å². The Bertz CT molecular complexity index is 803. The molecule has 0 saturated carbocycles. The summed E-state index contributed by atoms with van der Waals surface area (Å²) in [5.41, 5.74) is 3.33. The third-order valence-corrected chi connectivity index (χ3v) is 4.57. The number of halogens is 4. The molecule has 2 N–H and O–H groups in total. The van der Waals surface area contributed by atoms with Crippen LogP contribution in [-0.2, 0) is 4.84 Å². The summed E-state index contributed by atoms with van der Waals surface area (Å²) in [4.78, 5) is 17.3. The van der Waals surface area contributed by atoms with Crippen molar-refractivity contribution in [2.75, 3.05) is 11.9 Å². The summed E-state index contributed by atoms with van der Waals surface area (Å²) < 4.78 is 29.3. The van der Waals surface area contributed by atoms with Crippen molar-refractivity contribution in [2.45, 2.75) is 20.3 Å². The Balaban J connectivity index is 2.44. The fraction of sp³-hybridized carbons (Fsp3) is 0.235. The Morgan fingerprint density at radius 2 is 2.00 bits per heavy atom. The zero-order valence-corrected chi connectivity index (χ0v) is 17.3. The smallest absolute Gasteiger partial charge is 0.277 e. The van der Waals surface area contributed by atoms with Crippen LogP contribution in [-0.4, -0.2) is 12.5 Å². The van der Waals surface area contributed by atoms with Crippen LogP contribution >= 0.6 is 38.5 Å². The summed E-state index contributed by atoms with van der Waals surface area (Å²) in [5.74, 6) is -2.89. The van der Waals surface area contributed by atoms with Gasteiger partial charge in [-0.2, -0.15) is 0 Å². The van der Waals surface area contributed by atoms with Gasteiger partial charge in [0.25, 0.3) is 5.91 Å². The molecule has 8 heteroatoms. The number of amides is 1.